The standard InChI is InChI=1S/C13H21NO/c1-4-15-10-12(14)13(2,3)11-8-6-5-7-9-11/h5-9,12H,4,10,14H2,1-3H3. The van der Waals surface area contributed by atoms with Crippen LogP contribution in [0.2, 0.25) is 0 Å². The van der Waals surface area contributed by atoms with Crippen molar-refractivity contribution in [2.45, 2.75) is 32.2 Å². The third-order valence-electron chi connectivity index (χ3n) is 2.95. The fourth-order valence-electron chi connectivity index (χ4n) is 1.53. The Morgan fingerprint density at radius 2 is 1.87 bits per heavy atom. The molecule has 1 aromatic carbocycles. The highest BCUT2D eigenvalue weighted by molar-refractivity contribution is 5.25. The average molecular weight is 207 g/mol. The summed E-state index contributed by atoms with van der Waals surface area (Å²) in [6.45, 7) is 7.64. The molecule has 0 aliphatic carbocycles. The Morgan fingerprint density at radius 1 is 1.27 bits per heavy atom. The third-order valence-corrected chi connectivity index (χ3v) is 2.95. The molecule has 1 atom stereocenters. The number of ether oxygens (including phenoxy) is 1. The van der Waals surface area contributed by atoms with Gasteiger partial charge in [0.2, 0.25) is 0 Å². The van der Waals surface area contributed by atoms with Crippen LogP contribution in [0.4, 0.5) is 0 Å². The van der Waals surface area contributed by atoms with Crippen molar-refractivity contribution in [3.05, 3.63) is 35.9 Å². The molecule has 0 bridgehead atoms. The third kappa shape index (κ3) is 3.05. The summed E-state index contributed by atoms with van der Waals surface area (Å²) in [7, 11) is 0. The molecule has 0 radical (unpaired) electrons. The zero-order valence-corrected chi connectivity index (χ0v) is 9.86. The molecule has 0 amide bonds. The summed E-state index contributed by atoms with van der Waals surface area (Å²) >= 11 is 0. The molecule has 1 aromatic rings. The highest BCUT2D eigenvalue weighted by Gasteiger charge is 2.28. The van der Waals surface area contributed by atoms with Crippen LogP contribution in [0.25, 0.3) is 0 Å². The first-order valence-corrected chi connectivity index (χ1v) is 5.48. The molecule has 0 spiro atoms. The monoisotopic (exact) mass is 207 g/mol. The summed E-state index contributed by atoms with van der Waals surface area (Å²) in [6, 6.07) is 10.4. The summed E-state index contributed by atoms with van der Waals surface area (Å²) in [5.41, 5.74) is 7.36. The highest BCUT2D eigenvalue weighted by atomic mass is 16.5. The molecule has 2 N–H and O–H groups in total. The minimum Gasteiger partial charge on any atom is -0.380 e. The molecule has 2 nitrogen and oxygen atoms in total. The molecule has 84 valence electrons. The maximum Gasteiger partial charge on any atom is 0.0625 e. The minimum absolute atomic E-state index is 0.0276. The quantitative estimate of drug-likeness (QED) is 0.804. The number of nitrogens with two attached hydrogens (primary N) is 1. The van der Waals surface area contributed by atoms with Gasteiger partial charge in [-0.05, 0) is 12.5 Å². The van der Waals surface area contributed by atoms with Crippen LogP contribution in [0, 0.1) is 0 Å². The SMILES string of the molecule is CCOCC(N)C(C)(C)c1ccccc1. The summed E-state index contributed by atoms with van der Waals surface area (Å²) < 4.78 is 5.38. The van der Waals surface area contributed by atoms with Gasteiger partial charge in [0.1, 0.15) is 0 Å². The van der Waals surface area contributed by atoms with Crippen LogP contribution in [0.15, 0.2) is 30.3 Å². The van der Waals surface area contributed by atoms with Gasteiger partial charge in [-0.25, -0.2) is 0 Å². The van der Waals surface area contributed by atoms with Gasteiger partial charge in [-0.2, -0.15) is 0 Å². The molecular formula is C13H21NO. The van der Waals surface area contributed by atoms with Crippen molar-refractivity contribution in [1.82, 2.24) is 0 Å². The van der Waals surface area contributed by atoms with E-state index in [4.69, 9.17) is 10.5 Å². The van der Waals surface area contributed by atoms with Gasteiger partial charge in [0, 0.05) is 18.1 Å². The summed E-state index contributed by atoms with van der Waals surface area (Å²) in [6.07, 6.45) is 0. The van der Waals surface area contributed by atoms with Crippen LogP contribution < -0.4 is 5.73 Å². The van der Waals surface area contributed by atoms with Gasteiger partial charge in [0.25, 0.3) is 0 Å². The van der Waals surface area contributed by atoms with Gasteiger partial charge in [-0.3, -0.25) is 0 Å². The molecule has 0 saturated heterocycles. The first-order chi connectivity index (χ1) is 7.09. The fourth-order valence-corrected chi connectivity index (χ4v) is 1.53. The van der Waals surface area contributed by atoms with Crippen LogP contribution in [0.5, 0.6) is 0 Å². The Labute approximate surface area is 92.4 Å². The second-order valence-corrected chi connectivity index (χ2v) is 4.35. The molecule has 0 aliphatic rings. The smallest absolute Gasteiger partial charge is 0.0625 e. The van der Waals surface area contributed by atoms with E-state index in [2.05, 4.69) is 26.0 Å². The van der Waals surface area contributed by atoms with Gasteiger partial charge in [-0.1, -0.05) is 44.2 Å². The molecule has 0 fully saturated rings. The zero-order chi connectivity index (χ0) is 11.3. The van der Waals surface area contributed by atoms with E-state index in [-0.39, 0.29) is 11.5 Å². The Hall–Kier alpha value is -0.860. The van der Waals surface area contributed by atoms with Crippen LogP contribution in [-0.4, -0.2) is 19.3 Å². The van der Waals surface area contributed by atoms with E-state index in [9.17, 15) is 0 Å². The van der Waals surface area contributed by atoms with Gasteiger partial charge in [0.15, 0.2) is 0 Å². The molecule has 0 saturated carbocycles. The fraction of sp³-hybridized carbons (Fsp3) is 0.538. The maximum absolute atomic E-state index is 6.14. The molecule has 2 heteroatoms. The van der Waals surface area contributed by atoms with Crippen LogP contribution in [0.1, 0.15) is 26.3 Å². The van der Waals surface area contributed by atoms with E-state index in [1.165, 1.54) is 5.56 Å². The van der Waals surface area contributed by atoms with Crippen LogP contribution >= 0.6 is 0 Å². The largest absolute Gasteiger partial charge is 0.380 e. The molecule has 15 heavy (non-hydrogen) atoms. The van der Waals surface area contributed by atoms with Crippen molar-refractivity contribution in [3.8, 4) is 0 Å². The van der Waals surface area contributed by atoms with E-state index < -0.39 is 0 Å². The maximum atomic E-state index is 6.14. The Kier molecular flexibility index (Phi) is 4.30. The van der Waals surface area contributed by atoms with Crippen LogP contribution in [0.3, 0.4) is 0 Å². The lowest BCUT2D eigenvalue weighted by atomic mass is 9.78. The number of benzene rings is 1. The number of hydrogen-bond acceptors (Lipinski definition) is 2. The molecular weight excluding hydrogens is 186 g/mol. The van der Waals surface area contributed by atoms with E-state index in [0.717, 1.165) is 6.61 Å². The summed E-state index contributed by atoms with van der Waals surface area (Å²) in [4.78, 5) is 0. The Morgan fingerprint density at radius 3 is 2.40 bits per heavy atom. The Balaban J connectivity index is 2.73. The number of hydrogen-bond donors (Lipinski definition) is 1. The van der Waals surface area contributed by atoms with Crippen molar-refractivity contribution in [1.29, 1.82) is 0 Å². The lowest BCUT2D eigenvalue weighted by Crippen LogP contribution is -2.44. The molecule has 1 rings (SSSR count). The van der Waals surface area contributed by atoms with E-state index in [0.29, 0.717) is 6.61 Å². The first kappa shape index (κ1) is 12.2. The van der Waals surface area contributed by atoms with E-state index >= 15 is 0 Å². The highest BCUT2D eigenvalue weighted by Crippen LogP contribution is 2.25. The van der Waals surface area contributed by atoms with E-state index in [1.54, 1.807) is 0 Å². The zero-order valence-electron chi connectivity index (χ0n) is 9.86. The van der Waals surface area contributed by atoms with Crippen molar-refractivity contribution < 1.29 is 4.74 Å². The molecule has 0 aliphatic heterocycles. The van der Waals surface area contributed by atoms with Crippen molar-refractivity contribution >= 4 is 0 Å². The van der Waals surface area contributed by atoms with E-state index in [1.807, 2.05) is 25.1 Å². The topological polar surface area (TPSA) is 35.2 Å². The van der Waals surface area contributed by atoms with Gasteiger partial charge >= 0.3 is 0 Å². The second-order valence-electron chi connectivity index (χ2n) is 4.35. The van der Waals surface area contributed by atoms with Gasteiger partial charge in [-0.15, -0.1) is 0 Å². The van der Waals surface area contributed by atoms with Crippen molar-refractivity contribution in [3.63, 3.8) is 0 Å². The predicted octanol–water partition coefficient (Wildman–Crippen LogP) is 2.33. The first-order valence-electron chi connectivity index (χ1n) is 5.48. The second kappa shape index (κ2) is 5.29. The van der Waals surface area contributed by atoms with Crippen molar-refractivity contribution in [2.24, 2.45) is 5.73 Å². The van der Waals surface area contributed by atoms with Gasteiger partial charge < -0.3 is 10.5 Å². The number of rotatable bonds is 5. The Bertz CT molecular complexity index is 282. The lowest BCUT2D eigenvalue weighted by Gasteiger charge is -2.32. The van der Waals surface area contributed by atoms with Gasteiger partial charge in [0.05, 0.1) is 6.61 Å². The lowest BCUT2D eigenvalue weighted by molar-refractivity contribution is 0.113. The molecule has 1 unspecified atom stereocenters. The summed E-state index contributed by atoms with van der Waals surface area (Å²) in [5, 5.41) is 0. The van der Waals surface area contributed by atoms with Crippen LogP contribution in [-0.2, 0) is 10.2 Å². The predicted molar refractivity (Wildman–Crippen MR) is 63.9 cm³/mol. The van der Waals surface area contributed by atoms with Crippen molar-refractivity contribution in [2.75, 3.05) is 13.2 Å². The molecule has 0 aromatic heterocycles. The minimum atomic E-state index is -0.0452. The summed E-state index contributed by atoms with van der Waals surface area (Å²) in [5.74, 6) is 0. The molecule has 0 heterocycles. The average Bonchev–Trinajstić information content (AvgIpc) is 2.27. The normalized spacial score (nSPS) is 13.9.